The highest BCUT2D eigenvalue weighted by molar-refractivity contribution is 9.10. The van der Waals surface area contributed by atoms with Crippen molar-refractivity contribution in [3.05, 3.63) is 21.0 Å². The summed E-state index contributed by atoms with van der Waals surface area (Å²) in [4.78, 5) is 11.8. The number of nitrogens with one attached hydrogen (secondary N) is 1. The second-order valence-corrected chi connectivity index (χ2v) is 5.29. The van der Waals surface area contributed by atoms with E-state index >= 15 is 0 Å². The van der Waals surface area contributed by atoms with E-state index in [2.05, 4.69) is 26.3 Å². The first-order valence-electron chi connectivity index (χ1n) is 5.90. The normalized spacial score (nSPS) is 22.6. The Hall–Kier alpha value is -0.920. The molecule has 0 saturated heterocycles. The van der Waals surface area contributed by atoms with E-state index in [1.807, 2.05) is 0 Å². The van der Waals surface area contributed by atoms with E-state index in [0.29, 0.717) is 16.1 Å². The summed E-state index contributed by atoms with van der Waals surface area (Å²) in [7, 11) is 0. The maximum absolute atomic E-state index is 11.8. The number of halogens is 1. The van der Waals surface area contributed by atoms with Crippen molar-refractivity contribution in [1.29, 1.82) is 0 Å². The van der Waals surface area contributed by atoms with Crippen LogP contribution in [0.1, 0.15) is 12.8 Å². The number of rotatable bonds is 5. The highest BCUT2D eigenvalue weighted by Gasteiger charge is 2.26. The van der Waals surface area contributed by atoms with Crippen LogP contribution in [0.4, 0.5) is 5.69 Å². The molecular weight excluding hydrogens is 302 g/mol. The van der Waals surface area contributed by atoms with Gasteiger partial charge in [0.1, 0.15) is 4.47 Å². The zero-order chi connectivity index (χ0) is 13.1. The molecule has 6 nitrogen and oxygen atoms in total. The van der Waals surface area contributed by atoms with E-state index in [1.54, 1.807) is 6.20 Å². The minimum absolute atomic E-state index is 0.119. The minimum Gasteiger partial charge on any atom is -0.394 e. The Labute approximate surface area is 113 Å². The number of nitrogens with zero attached hydrogens (tertiary/aromatic N) is 2. The Morgan fingerprint density at radius 2 is 2.28 bits per heavy atom. The lowest BCUT2D eigenvalue weighted by atomic mass is 9.82. The molecule has 1 aromatic rings. The number of aliphatic hydroxyl groups excluding tert-OH is 2. The van der Waals surface area contributed by atoms with Crippen molar-refractivity contribution in [3.8, 4) is 0 Å². The number of hydrogen-bond acceptors (Lipinski definition) is 5. The first kappa shape index (κ1) is 13.5. The van der Waals surface area contributed by atoms with Crippen LogP contribution in [0.25, 0.3) is 0 Å². The van der Waals surface area contributed by atoms with Crippen LogP contribution in [-0.2, 0) is 6.54 Å². The summed E-state index contributed by atoms with van der Waals surface area (Å²) in [5, 5.41) is 25.1. The summed E-state index contributed by atoms with van der Waals surface area (Å²) in [6.07, 6.45) is 3.01. The topological polar surface area (TPSA) is 87.4 Å². The smallest absolute Gasteiger partial charge is 0.283 e. The van der Waals surface area contributed by atoms with Gasteiger partial charge in [-0.15, -0.1) is 0 Å². The van der Waals surface area contributed by atoms with Crippen LogP contribution < -0.4 is 10.9 Å². The molecule has 1 aliphatic rings. The number of aromatic nitrogens is 2. The van der Waals surface area contributed by atoms with Gasteiger partial charge < -0.3 is 15.5 Å². The number of aliphatic hydroxyl groups is 2. The summed E-state index contributed by atoms with van der Waals surface area (Å²) in [5.41, 5.74) is 0.387. The predicted octanol–water partition coefficient (Wildman–Crippen LogP) is 0.181. The molecule has 1 aliphatic carbocycles. The molecular formula is C11H16BrN3O3. The van der Waals surface area contributed by atoms with E-state index in [9.17, 15) is 9.90 Å². The maximum atomic E-state index is 11.8. The Kier molecular flexibility index (Phi) is 4.36. The van der Waals surface area contributed by atoms with Crippen LogP contribution in [0.15, 0.2) is 15.5 Å². The molecule has 0 amide bonds. The summed E-state index contributed by atoms with van der Waals surface area (Å²) < 4.78 is 1.63. The SMILES string of the molecule is O=c1c(Br)c(NCC2CC(O)C2)cnn1CCO. The monoisotopic (exact) mass is 317 g/mol. The summed E-state index contributed by atoms with van der Waals surface area (Å²) in [6, 6.07) is 0. The molecule has 1 fully saturated rings. The Morgan fingerprint density at radius 3 is 2.89 bits per heavy atom. The Bertz CT molecular complexity index is 471. The molecule has 18 heavy (non-hydrogen) atoms. The molecule has 1 aromatic heterocycles. The molecule has 0 unspecified atom stereocenters. The van der Waals surface area contributed by atoms with E-state index in [-0.39, 0.29) is 24.8 Å². The number of hydrogen-bond donors (Lipinski definition) is 3. The van der Waals surface area contributed by atoms with Gasteiger partial charge in [0.05, 0.1) is 31.1 Å². The fourth-order valence-electron chi connectivity index (χ4n) is 1.96. The zero-order valence-electron chi connectivity index (χ0n) is 9.84. The van der Waals surface area contributed by atoms with E-state index < -0.39 is 0 Å². The standard InChI is InChI=1S/C11H16BrN3O3/c12-10-9(13-5-7-3-8(17)4-7)6-14-15(1-2-16)11(10)18/h6-8,13,16-17H,1-5H2. The molecule has 0 aromatic carbocycles. The fourth-order valence-corrected chi connectivity index (χ4v) is 2.41. The second-order valence-electron chi connectivity index (χ2n) is 4.50. The van der Waals surface area contributed by atoms with Crippen LogP contribution in [0.2, 0.25) is 0 Å². The van der Waals surface area contributed by atoms with Crippen molar-refractivity contribution in [2.75, 3.05) is 18.5 Å². The van der Waals surface area contributed by atoms with Crippen molar-refractivity contribution in [1.82, 2.24) is 9.78 Å². The lowest BCUT2D eigenvalue weighted by molar-refractivity contribution is 0.0487. The van der Waals surface area contributed by atoms with Crippen LogP contribution in [0, 0.1) is 5.92 Å². The molecule has 0 atom stereocenters. The molecule has 1 heterocycles. The highest BCUT2D eigenvalue weighted by atomic mass is 79.9. The van der Waals surface area contributed by atoms with Gasteiger partial charge in [-0.3, -0.25) is 4.79 Å². The van der Waals surface area contributed by atoms with Crippen LogP contribution >= 0.6 is 15.9 Å². The molecule has 1 saturated carbocycles. The first-order chi connectivity index (χ1) is 8.61. The van der Waals surface area contributed by atoms with Gasteiger partial charge in [-0.25, -0.2) is 4.68 Å². The summed E-state index contributed by atoms with van der Waals surface area (Å²) in [5.74, 6) is 0.451. The summed E-state index contributed by atoms with van der Waals surface area (Å²) in [6.45, 7) is 0.791. The Morgan fingerprint density at radius 1 is 1.56 bits per heavy atom. The van der Waals surface area contributed by atoms with Crippen LogP contribution in [0.3, 0.4) is 0 Å². The average Bonchev–Trinajstić information content (AvgIpc) is 2.31. The quantitative estimate of drug-likeness (QED) is 0.721. The molecule has 0 bridgehead atoms. The van der Waals surface area contributed by atoms with Gasteiger partial charge in [-0.2, -0.15) is 5.10 Å². The molecule has 2 rings (SSSR count). The van der Waals surface area contributed by atoms with Gasteiger partial charge in [-0.05, 0) is 34.7 Å². The zero-order valence-corrected chi connectivity index (χ0v) is 11.4. The van der Waals surface area contributed by atoms with Crippen molar-refractivity contribution in [2.24, 2.45) is 5.92 Å². The van der Waals surface area contributed by atoms with Gasteiger partial charge in [0.15, 0.2) is 0 Å². The van der Waals surface area contributed by atoms with Gasteiger partial charge in [-0.1, -0.05) is 0 Å². The Balaban J connectivity index is 2.00. The first-order valence-corrected chi connectivity index (χ1v) is 6.69. The molecule has 0 spiro atoms. The third-order valence-electron chi connectivity index (χ3n) is 3.09. The van der Waals surface area contributed by atoms with Crippen molar-refractivity contribution < 1.29 is 10.2 Å². The van der Waals surface area contributed by atoms with Crippen molar-refractivity contribution in [3.63, 3.8) is 0 Å². The second kappa shape index (κ2) is 5.81. The summed E-state index contributed by atoms with van der Waals surface area (Å²) >= 11 is 3.24. The lowest BCUT2D eigenvalue weighted by Crippen LogP contribution is -2.33. The molecule has 100 valence electrons. The largest absolute Gasteiger partial charge is 0.394 e. The van der Waals surface area contributed by atoms with Crippen LogP contribution in [0.5, 0.6) is 0 Å². The van der Waals surface area contributed by atoms with Gasteiger partial charge in [0, 0.05) is 6.54 Å². The predicted molar refractivity (Wildman–Crippen MR) is 70.5 cm³/mol. The maximum Gasteiger partial charge on any atom is 0.283 e. The van der Waals surface area contributed by atoms with Gasteiger partial charge >= 0.3 is 0 Å². The average molecular weight is 318 g/mol. The van der Waals surface area contributed by atoms with Crippen LogP contribution in [-0.4, -0.2) is 39.2 Å². The van der Waals surface area contributed by atoms with Crippen molar-refractivity contribution >= 4 is 21.6 Å². The van der Waals surface area contributed by atoms with E-state index in [4.69, 9.17) is 5.11 Å². The molecule has 3 N–H and O–H groups in total. The third-order valence-corrected chi connectivity index (χ3v) is 3.86. The van der Waals surface area contributed by atoms with Gasteiger partial charge in [0.25, 0.3) is 5.56 Å². The van der Waals surface area contributed by atoms with Crippen molar-refractivity contribution in [2.45, 2.75) is 25.5 Å². The molecule has 0 aliphatic heterocycles. The van der Waals surface area contributed by atoms with Gasteiger partial charge in [0.2, 0.25) is 0 Å². The third kappa shape index (κ3) is 2.90. The van der Waals surface area contributed by atoms with E-state index in [1.165, 1.54) is 4.68 Å². The highest BCUT2D eigenvalue weighted by Crippen LogP contribution is 2.27. The number of anilines is 1. The van der Waals surface area contributed by atoms with E-state index in [0.717, 1.165) is 19.4 Å². The molecule has 7 heteroatoms. The minimum atomic E-state index is -0.261. The fraction of sp³-hybridized carbons (Fsp3) is 0.636. The lowest BCUT2D eigenvalue weighted by Gasteiger charge is -2.31. The molecule has 0 radical (unpaired) electrons.